The third-order valence-corrected chi connectivity index (χ3v) is 3.41. The third kappa shape index (κ3) is 4.32. The molecule has 0 saturated carbocycles. The predicted molar refractivity (Wildman–Crippen MR) is 86.7 cm³/mol. The molecule has 0 bridgehead atoms. The Balaban J connectivity index is 2.02. The van der Waals surface area contributed by atoms with Crippen LogP contribution in [0, 0.1) is 12.7 Å². The molecule has 1 aromatic carbocycles. The number of carbonyl (C=O) groups excluding carboxylic acids is 2. The van der Waals surface area contributed by atoms with E-state index in [1.165, 1.54) is 36.3 Å². The lowest BCUT2D eigenvalue weighted by Gasteiger charge is -2.13. The number of benzene rings is 1. The number of carbonyl (C=O) groups is 2. The number of methoxy groups -OCH3 is 1. The van der Waals surface area contributed by atoms with E-state index in [1.807, 2.05) is 0 Å². The second-order valence-electron chi connectivity index (χ2n) is 5.26. The first-order valence-corrected chi connectivity index (χ1v) is 7.27. The maximum absolute atomic E-state index is 13.1. The molecule has 24 heavy (non-hydrogen) atoms. The fraction of sp³-hybridized carbons (Fsp3) is 0.222. The summed E-state index contributed by atoms with van der Waals surface area (Å²) in [5.41, 5.74) is 0.933. The van der Waals surface area contributed by atoms with Crippen molar-refractivity contribution in [2.45, 2.75) is 13.5 Å². The molecule has 0 fully saturated rings. The summed E-state index contributed by atoms with van der Waals surface area (Å²) in [6.45, 7) is 1.85. The van der Waals surface area contributed by atoms with Crippen LogP contribution in [0.2, 0.25) is 0 Å². The molecule has 0 N–H and O–H groups in total. The molecule has 6 heteroatoms. The smallest absolute Gasteiger partial charge is 0.341 e. The van der Waals surface area contributed by atoms with Crippen LogP contribution in [0.1, 0.15) is 27.4 Å². The van der Waals surface area contributed by atoms with E-state index >= 15 is 0 Å². The predicted octanol–water partition coefficient (Wildman–Crippen LogP) is 3.19. The van der Waals surface area contributed by atoms with Crippen molar-refractivity contribution in [1.29, 1.82) is 0 Å². The van der Waals surface area contributed by atoms with E-state index < -0.39 is 5.97 Å². The number of rotatable bonds is 5. The molecule has 1 aromatic heterocycles. The summed E-state index contributed by atoms with van der Waals surface area (Å²) in [6.07, 6.45) is 2.89. The van der Waals surface area contributed by atoms with E-state index in [4.69, 9.17) is 4.42 Å². The minimum atomic E-state index is -0.484. The van der Waals surface area contributed by atoms with Crippen LogP contribution in [-0.2, 0) is 16.1 Å². The largest absolute Gasteiger partial charge is 0.465 e. The molecule has 0 aliphatic carbocycles. The number of furan rings is 1. The molecule has 5 nitrogen and oxygen atoms in total. The van der Waals surface area contributed by atoms with Gasteiger partial charge in [0.1, 0.15) is 22.9 Å². The van der Waals surface area contributed by atoms with Gasteiger partial charge in [-0.05, 0) is 36.8 Å². The number of esters is 1. The Morgan fingerprint density at radius 2 is 2.08 bits per heavy atom. The van der Waals surface area contributed by atoms with Crippen molar-refractivity contribution >= 4 is 18.0 Å². The molecule has 2 aromatic rings. The average molecular weight is 331 g/mol. The van der Waals surface area contributed by atoms with Gasteiger partial charge in [-0.3, -0.25) is 4.79 Å². The summed E-state index contributed by atoms with van der Waals surface area (Å²) in [5.74, 6) is -0.203. The minimum absolute atomic E-state index is 0.199. The first kappa shape index (κ1) is 17.5. The van der Waals surface area contributed by atoms with Gasteiger partial charge in [0.15, 0.2) is 0 Å². The molecule has 0 unspecified atom stereocenters. The molecular weight excluding hydrogens is 313 g/mol. The van der Waals surface area contributed by atoms with Gasteiger partial charge < -0.3 is 14.1 Å². The van der Waals surface area contributed by atoms with Crippen molar-refractivity contribution in [2.75, 3.05) is 14.2 Å². The van der Waals surface area contributed by atoms with Crippen molar-refractivity contribution in [3.05, 3.63) is 64.9 Å². The maximum Gasteiger partial charge on any atom is 0.341 e. The molecule has 126 valence electrons. The highest BCUT2D eigenvalue weighted by Crippen LogP contribution is 2.17. The normalized spacial score (nSPS) is 10.8. The van der Waals surface area contributed by atoms with Gasteiger partial charge in [-0.1, -0.05) is 12.1 Å². The van der Waals surface area contributed by atoms with Gasteiger partial charge in [-0.15, -0.1) is 0 Å². The fourth-order valence-electron chi connectivity index (χ4n) is 2.15. The van der Waals surface area contributed by atoms with Gasteiger partial charge in [-0.25, -0.2) is 9.18 Å². The number of nitrogens with zero attached hydrogens (tertiary/aromatic N) is 1. The summed E-state index contributed by atoms with van der Waals surface area (Å²) < 4.78 is 23.2. The number of likely N-dealkylation sites (N-methyl/N-ethyl adjacent to an activating group) is 1. The molecule has 0 spiro atoms. The molecule has 0 aliphatic heterocycles. The van der Waals surface area contributed by atoms with Crippen molar-refractivity contribution in [3.63, 3.8) is 0 Å². The van der Waals surface area contributed by atoms with E-state index in [9.17, 15) is 14.0 Å². The quantitative estimate of drug-likeness (QED) is 0.624. The highest BCUT2D eigenvalue weighted by Gasteiger charge is 2.17. The van der Waals surface area contributed by atoms with Gasteiger partial charge in [0, 0.05) is 13.1 Å². The Bertz CT molecular complexity index is 779. The monoisotopic (exact) mass is 331 g/mol. The van der Waals surface area contributed by atoms with Crippen LogP contribution in [0.15, 0.2) is 40.8 Å². The Hall–Kier alpha value is -2.89. The number of halogens is 1. The van der Waals surface area contributed by atoms with Crippen LogP contribution in [-0.4, -0.2) is 30.9 Å². The Labute approximate surface area is 139 Å². The van der Waals surface area contributed by atoms with Gasteiger partial charge in [0.05, 0.1) is 13.7 Å². The lowest BCUT2D eigenvalue weighted by atomic mass is 10.2. The van der Waals surface area contributed by atoms with Gasteiger partial charge in [0.2, 0.25) is 5.91 Å². The molecule has 2 rings (SSSR count). The standard InChI is InChI=1S/C18H18FNO4/c1-12-16(18(22)23-3)10-15(24-12)11-20(2)17(21)8-7-13-5-4-6-14(19)9-13/h4-10H,11H2,1-3H3/b8-7+. The van der Waals surface area contributed by atoms with Gasteiger partial charge in [0.25, 0.3) is 0 Å². The van der Waals surface area contributed by atoms with E-state index in [0.29, 0.717) is 22.6 Å². The van der Waals surface area contributed by atoms with Gasteiger partial charge in [-0.2, -0.15) is 0 Å². The molecular formula is C18H18FNO4. The van der Waals surface area contributed by atoms with E-state index in [1.54, 1.807) is 32.2 Å². The first-order valence-electron chi connectivity index (χ1n) is 7.27. The first-order chi connectivity index (χ1) is 11.4. The summed E-state index contributed by atoms with van der Waals surface area (Å²) >= 11 is 0. The maximum atomic E-state index is 13.1. The minimum Gasteiger partial charge on any atom is -0.465 e. The van der Waals surface area contributed by atoms with Crippen LogP contribution in [0.4, 0.5) is 4.39 Å². The molecule has 0 radical (unpaired) electrons. The summed E-state index contributed by atoms with van der Waals surface area (Å²) in [5, 5.41) is 0. The zero-order chi connectivity index (χ0) is 17.7. The number of hydrogen-bond donors (Lipinski definition) is 0. The van der Waals surface area contributed by atoms with Crippen LogP contribution in [0.5, 0.6) is 0 Å². The lowest BCUT2D eigenvalue weighted by Crippen LogP contribution is -2.23. The van der Waals surface area contributed by atoms with E-state index in [2.05, 4.69) is 4.74 Å². The average Bonchev–Trinajstić information content (AvgIpc) is 2.92. The lowest BCUT2D eigenvalue weighted by molar-refractivity contribution is -0.125. The third-order valence-electron chi connectivity index (χ3n) is 3.41. The number of ether oxygens (including phenoxy) is 1. The van der Waals surface area contributed by atoms with Gasteiger partial charge >= 0.3 is 5.97 Å². The van der Waals surface area contributed by atoms with Crippen LogP contribution >= 0.6 is 0 Å². The highest BCUT2D eigenvalue weighted by atomic mass is 19.1. The SMILES string of the molecule is COC(=O)c1cc(CN(C)C(=O)/C=C/c2cccc(F)c2)oc1C. The Morgan fingerprint density at radius 1 is 1.33 bits per heavy atom. The number of hydrogen-bond acceptors (Lipinski definition) is 4. The molecule has 0 aliphatic rings. The highest BCUT2D eigenvalue weighted by molar-refractivity contribution is 5.92. The number of aryl methyl sites for hydroxylation is 1. The molecule has 0 saturated heterocycles. The molecule has 0 atom stereocenters. The second kappa shape index (κ2) is 7.59. The number of amides is 1. The van der Waals surface area contributed by atoms with E-state index in [0.717, 1.165) is 0 Å². The van der Waals surface area contributed by atoms with Crippen LogP contribution in [0.3, 0.4) is 0 Å². The van der Waals surface area contributed by atoms with Crippen molar-refractivity contribution in [3.8, 4) is 0 Å². The molecule has 1 amide bonds. The molecule has 1 heterocycles. The Kier molecular flexibility index (Phi) is 5.52. The fourth-order valence-corrected chi connectivity index (χ4v) is 2.15. The Morgan fingerprint density at radius 3 is 2.75 bits per heavy atom. The summed E-state index contributed by atoms with van der Waals surface area (Å²) in [4.78, 5) is 25.1. The zero-order valence-electron chi connectivity index (χ0n) is 13.7. The summed E-state index contributed by atoms with van der Waals surface area (Å²) in [6, 6.07) is 7.50. The van der Waals surface area contributed by atoms with Crippen molar-refractivity contribution < 1.29 is 23.1 Å². The van der Waals surface area contributed by atoms with Crippen LogP contribution < -0.4 is 0 Å². The second-order valence-corrected chi connectivity index (χ2v) is 5.26. The van der Waals surface area contributed by atoms with Crippen molar-refractivity contribution in [2.24, 2.45) is 0 Å². The van der Waals surface area contributed by atoms with Crippen LogP contribution in [0.25, 0.3) is 6.08 Å². The van der Waals surface area contributed by atoms with E-state index in [-0.39, 0.29) is 18.3 Å². The van der Waals surface area contributed by atoms with Crippen molar-refractivity contribution in [1.82, 2.24) is 4.90 Å². The topological polar surface area (TPSA) is 59.8 Å². The zero-order valence-corrected chi connectivity index (χ0v) is 13.7. The summed E-state index contributed by atoms with van der Waals surface area (Å²) in [7, 11) is 2.90.